The highest BCUT2D eigenvalue weighted by atomic mass is 28.4. The Hall–Kier alpha value is -0.653. The van der Waals surface area contributed by atoms with Crippen molar-refractivity contribution in [2.75, 3.05) is 0 Å². The SMILES string of the molecule is C/C=C/C(C[C@H]1CC[C@H](C)[C@H](CC(=O)O)O1)O[Si](C)(C)C(C)(C)C. The van der Waals surface area contributed by atoms with E-state index in [2.05, 4.69) is 46.9 Å². The molecule has 0 aromatic carbocycles. The summed E-state index contributed by atoms with van der Waals surface area (Å²) in [6.45, 7) is 15.4. The molecule has 0 amide bonds. The third-order valence-corrected chi connectivity index (χ3v) is 9.98. The van der Waals surface area contributed by atoms with Gasteiger partial charge in [0, 0.05) is 6.42 Å². The van der Waals surface area contributed by atoms with Crippen molar-refractivity contribution in [2.45, 2.75) is 96.7 Å². The van der Waals surface area contributed by atoms with E-state index in [1.54, 1.807) is 0 Å². The molecule has 1 rings (SSSR count). The predicted octanol–water partition coefficient (Wildman–Crippen LogP) is 5.00. The van der Waals surface area contributed by atoms with Gasteiger partial charge in [-0.25, -0.2) is 0 Å². The van der Waals surface area contributed by atoms with E-state index in [0.29, 0.717) is 5.92 Å². The van der Waals surface area contributed by atoms with Gasteiger partial charge in [0.2, 0.25) is 0 Å². The Labute approximate surface area is 148 Å². The van der Waals surface area contributed by atoms with Crippen LogP contribution in [0, 0.1) is 5.92 Å². The molecule has 0 spiro atoms. The summed E-state index contributed by atoms with van der Waals surface area (Å²) in [4.78, 5) is 11.0. The molecule has 4 atom stereocenters. The lowest BCUT2D eigenvalue weighted by atomic mass is 9.90. The van der Waals surface area contributed by atoms with Crippen LogP contribution in [0.2, 0.25) is 18.1 Å². The van der Waals surface area contributed by atoms with Gasteiger partial charge in [-0.15, -0.1) is 0 Å². The maximum Gasteiger partial charge on any atom is 0.305 e. The van der Waals surface area contributed by atoms with Crippen LogP contribution in [-0.2, 0) is 14.0 Å². The number of carbonyl (C=O) groups is 1. The summed E-state index contributed by atoms with van der Waals surface area (Å²) in [6.07, 6.45) is 7.00. The summed E-state index contributed by atoms with van der Waals surface area (Å²) in [5.74, 6) is -0.478. The van der Waals surface area contributed by atoms with E-state index in [1.807, 2.05) is 13.0 Å². The smallest absolute Gasteiger partial charge is 0.305 e. The van der Waals surface area contributed by atoms with E-state index in [1.165, 1.54) is 0 Å². The average molecular weight is 357 g/mol. The van der Waals surface area contributed by atoms with Gasteiger partial charge in [0.25, 0.3) is 0 Å². The van der Waals surface area contributed by atoms with E-state index in [-0.39, 0.29) is 29.8 Å². The van der Waals surface area contributed by atoms with Crippen LogP contribution in [0.25, 0.3) is 0 Å². The highest BCUT2D eigenvalue weighted by Crippen LogP contribution is 2.38. The molecule has 24 heavy (non-hydrogen) atoms. The van der Waals surface area contributed by atoms with Gasteiger partial charge >= 0.3 is 5.97 Å². The van der Waals surface area contributed by atoms with Gasteiger partial charge in [-0.1, -0.05) is 39.8 Å². The zero-order valence-corrected chi connectivity index (χ0v) is 17.5. The third-order valence-electron chi connectivity index (χ3n) is 5.48. The number of carboxylic acids is 1. The number of allylic oxidation sites excluding steroid dienone is 1. The number of carboxylic acid groups (broad SMARTS) is 1. The second kappa shape index (κ2) is 8.63. The zero-order chi connectivity index (χ0) is 18.5. The van der Waals surface area contributed by atoms with Crippen molar-refractivity contribution in [2.24, 2.45) is 5.92 Å². The zero-order valence-electron chi connectivity index (χ0n) is 16.5. The molecule has 4 nitrogen and oxygen atoms in total. The van der Waals surface area contributed by atoms with E-state index in [0.717, 1.165) is 19.3 Å². The first-order valence-corrected chi connectivity index (χ1v) is 12.0. The fourth-order valence-electron chi connectivity index (χ4n) is 2.87. The summed E-state index contributed by atoms with van der Waals surface area (Å²) < 4.78 is 12.7. The van der Waals surface area contributed by atoms with E-state index >= 15 is 0 Å². The first-order chi connectivity index (χ1) is 11.0. The number of hydrogen-bond donors (Lipinski definition) is 1. The maximum atomic E-state index is 11.0. The van der Waals surface area contributed by atoms with E-state index in [4.69, 9.17) is 14.3 Å². The summed E-state index contributed by atoms with van der Waals surface area (Å²) in [5, 5.41) is 9.24. The molecule has 0 aliphatic carbocycles. The monoisotopic (exact) mass is 356 g/mol. The van der Waals surface area contributed by atoms with Gasteiger partial charge in [0.15, 0.2) is 8.32 Å². The summed E-state index contributed by atoms with van der Waals surface area (Å²) >= 11 is 0. The Morgan fingerprint density at radius 2 is 2.00 bits per heavy atom. The Kier molecular flexibility index (Phi) is 7.69. The van der Waals surface area contributed by atoms with Crippen molar-refractivity contribution >= 4 is 14.3 Å². The van der Waals surface area contributed by atoms with Crippen LogP contribution in [0.5, 0.6) is 0 Å². The molecule has 140 valence electrons. The molecule has 0 aromatic rings. The standard InChI is InChI=1S/C19H36O4Si/c1-8-9-16(23-24(6,7)19(3,4)5)12-15-11-10-14(2)17(22-15)13-18(20)21/h8-9,14-17H,10-13H2,1-7H3,(H,20,21)/b9-8+/t14-,15+,16?,17-/m0/s1. The molecular weight excluding hydrogens is 320 g/mol. The largest absolute Gasteiger partial charge is 0.481 e. The lowest BCUT2D eigenvalue weighted by Crippen LogP contribution is -2.45. The number of rotatable bonds is 7. The number of ether oxygens (including phenoxy) is 1. The van der Waals surface area contributed by atoms with Gasteiger partial charge < -0.3 is 14.3 Å². The topological polar surface area (TPSA) is 55.8 Å². The minimum atomic E-state index is -1.85. The Balaban J connectivity index is 2.73. The molecule has 1 saturated heterocycles. The number of aliphatic carboxylic acids is 1. The van der Waals surface area contributed by atoms with Crippen LogP contribution < -0.4 is 0 Å². The molecule has 0 radical (unpaired) electrons. The highest BCUT2D eigenvalue weighted by Gasteiger charge is 2.39. The fraction of sp³-hybridized carbons (Fsp3) is 0.842. The minimum Gasteiger partial charge on any atom is -0.481 e. The van der Waals surface area contributed by atoms with Crippen LogP contribution in [0.1, 0.15) is 60.3 Å². The van der Waals surface area contributed by atoms with Gasteiger partial charge in [-0.3, -0.25) is 4.79 Å². The summed E-state index contributed by atoms with van der Waals surface area (Å²) in [6, 6.07) is 0. The summed E-state index contributed by atoms with van der Waals surface area (Å²) in [5.41, 5.74) is 0. The molecule has 0 aromatic heterocycles. The minimum absolute atomic E-state index is 0.0415. The molecule has 1 fully saturated rings. The fourth-order valence-corrected chi connectivity index (χ4v) is 4.16. The lowest BCUT2D eigenvalue weighted by molar-refractivity contribution is -0.147. The molecule has 5 heteroatoms. The lowest BCUT2D eigenvalue weighted by Gasteiger charge is -2.40. The highest BCUT2D eigenvalue weighted by molar-refractivity contribution is 6.74. The third kappa shape index (κ3) is 6.34. The predicted molar refractivity (Wildman–Crippen MR) is 101 cm³/mol. The van der Waals surface area contributed by atoms with E-state index < -0.39 is 14.3 Å². The molecule has 0 bridgehead atoms. The van der Waals surface area contributed by atoms with Gasteiger partial charge in [0.05, 0.1) is 24.7 Å². The molecule has 0 saturated carbocycles. The first kappa shape index (κ1) is 21.4. The van der Waals surface area contributed by atoms with Gasteiger partial charge in [-0.2, -0.15) is 0 Å². The van der Waals surface area contributed by atoms with Crippen LogP contribution in [-0.4, -0.2) is 37.7 Å². The van der Waals surface area contributed by atoms with Crippen molar-refractivity contribution in [3.05, 3.63) is 12.2 Å². The Morgan fingerprint density at radius 1 is 1.38 bits per heavy atom. The molecule has 1 aliphatic rings. The Morgan fingerprint density at radius 3 is 2.50 bits per heavy atom. The van der Waals surface area contributed by atoms with Crippen molar-refractivity contribution < 1.29 is 19.1 Å². The van der Waals surface area contributed by atoms with E-state index in [9.17, 15) is 4.79 Å². The van der Waals surface area contributed by atoms with Crippen molar-refractivity contribution in [3.63, 3.8) is 0 Å². The van der Waals surface area contributed by atoms with Crippen molar-refractivity contribution in [1.29, 1.82) is 0 Å². The van der Waals surface area contributed by atoms with Gasteiger partial charge in [-0.05, 0) is 43.8 Å². The second-order valence-corrected chi connectivity index (χ2v) is 13.4. The average Bonchev–Trinajstić information content (AvgIpc) is 2.40. The molecule has 1 aliphatic heterocycles. The molecule has 1 unspecified atom stereocenters. The molecule has 1 N–H and O–H groups in total. The molecule has 1 heterocycles. The van der Waals surface area contributed by atoms with Crippen LogP contribution in [0.3, 0.4) is 0 Å². The quantitative estimate of drug-likeness (QED) is 0.515. The summed E-state index contributed by atoms with van der Waals surface area (Å²) in [7, 11) is -1.85. The number of hydrogen-bond acceptors (Lipinski definition) is 3. The first-order valence-electron chi connectivity index (χ1n) is 9.14. The van der Waals surface area contributed by atoms with Crippen molar-refractivity contribution in [1.82, 2.24) is 0 Å². The van der Waals surface area contributed by atoms with Crippen LogP contribution in [0.15, 0.2) is 12.2 Å². The maximum absolute atomic E-state index is 11.0. The normalized spacial score (nSPS) is 27.4. The Bertz CT molecular complexity index is 439. The van der Waals surface area contributed by atoms with Crippen molar-refractivity contribution in [3.8, 4) is 0 Å². The van der Waals surface area contributed by atoms with Gasteiger partial charge in [0.1, 0.15) is 0 Å². The second-order valence-electron chi connectivity index (χ2n) is 8.63. The molecular formula is C19H36O4Si. The van der Waals surface area contributed by atoms with Crippen LogP contribution >= 0.6 is 0 Å². The van der Waals surface area contributed by atoms with Crippen LogP contribution in [0.4, 0.5) is 0 Å².